The molecular formula is C10H16O2. The lowest BCUT2D eigenvalue weighted by Gasteiger charge is -2.01. The van der Waals surface area contributed by atoms with Gasteiger partial charge in [0.25, 0.3) is 0 Å². The molecule has 0 aliphatic heterocycles. The highest BCUT2D eigenvalue weighted by Crippen LogP contribution is 2.05. The van der Waals surface area contributed by atoms with Gasteiger partial charge in [-0.15, -0.1) is 0 Å². The van der Waals surface area contributed by atoms with Crippen LogP contribution in [0, 0.1) is 0 Å². The SMILES string of the molecule is C=C(/C=C\C=C/C)CCC(O)O. The molecule has 0 atom stereocenters. The van der Waals surface area contributed by atoms with Crippen LogP contribution in [0.1, 0.15) is 19.8 Å². The summed E-state index contributed by atoms with van der Waals surface area (Å²) in [6.45, 7) is 5.69. The number of aliphatic hydroxyl groups is 2. The summed E-state index contributed by atoms with van der Waals surface area (Å²) in [4.78, 5) is 0. The number of hydrogen-bond donors (Lipinski definition) is 2. The van der Waals surface area contributed by atoms with E-state index in [1.165, 1.54) is 0 Å². The molecule has 0 saturated carbocycles. The van der Waals surface area contributed by atoms with Crippen LogP contribution >= 0.6 is 0 Å². The normalized spacial score (nSPS) is 12.0. The molecule has 2 nitrogen and oxygen atoms in total. The smallest absolute Gasteiger partial charge is 0.151 e. The van der Waals surface area contributed by atoms with Gasteiger partial charge < -0.3 is 10.2 Å². The Hall–Kier alpha value is -0.860. The van der Waals surface area contributed by atoms with Crippen LogP contribution in [0.3, 0.4) is 0 Å². The first-order valence-corrected chi connectivity index (χ1v) is 4.00. The van der Waals surface area contributed by atoms with Gasteiger partial charge in [-0.25, -0.2) is 0 Å². The van der Waals surface area contributed by atoms with Gasteiger partial charge in [0.1, 0.15) is 0 Å². The number of allylic oxidation sites excluding steroid dienone is 5. The molecule has 0 aromatic heterocycles. The van der Waals surface area contributed by atoms with E-state index in [2.05, 4.69) is 6.58 Å². The largest absolute Gasteiger partial charge is 0.368 e. The van der Waals surface area contributed by atoms with Crippen LogP contribution in [-0.2, 0) is 0 Å². The summed E-state index contributed by atoms with van der Waals surface area (Å²) in [5.74, 6) is 0. The van der Waals surface area contributed by atoms with Gasteiger partial charge in [0.05, 0.1) is 0 Å². The molecule has 0 amide bonds. The highest BCUT2D eigenvalue weighted by Gasteiger charge is 1.96. The fourth-order valence-corrected chi connectivity index (χ4v) is 0.701. The van der Waals surface area contributed by atoms with Crippen molar-refractivity contribution in [1.82, 2.24) is 0 Å². The summed E-state index contributed by atoms with van der Waals surface area (Å²) in [7, 11) is 0. The molecule has 0 aliphatic rings. The topological polar surface area (TPSA) is 40.5 Å². The summed E-state index contributed by atoms with van der Waals surface area (Å²) >= 11 is 0. The Morgan fingerprint density at radius 1 is 1.42 bits per heavy atom. The summed E-state index contributed by atoms with van der Waals surface area (Å²) in [6, 6.07) is 0. The van der Waals surface area contributed by atoms with Gasteiger partial charge in [-0.3, -0.25) is 0 Å². The van der Waals surface area contributed by atoms with E-state index < -0.39 is 6.29 Å². The van der Waals surface area contributed by atoms with Crippen LogP contribution in [0.4, 0.5) is 0 Å². The maximum absolute atomic E-state index is 8.55. The van der Waals surface area contributed by atoms with E-state index in [9.17, 15) is 0 Å². The minimum absolute atomic E-state index is 0.346. The van der Waals surface area contributed by atoms with Gasteiger partial charge in [-0.05, 0) is 13.3 Å². The first-order chi connectivity index (χ1) is 5.66. The highest BCUT2D eigenvalue weighted by molar-refractivity contribution is 5.18. The average Bonchev–Trinajstić information content (AvgIpc) is 2.01. The van der Waals surface area contributed by atoms with Gasteiger partial charge in [0, 0.05) is 6.42 Å². The van der Waals surface area contributed by atoms with Crippen LogP contribution in [0.25, 0.3) is 0 Å². The lowest BCUT2D eigenvalue weighted by Crippen LogP contribution is -2.03. The third-order valence-corrected chi connectivity index (χ3v) is 1.36. The zero-order chi connectivity index (χ0) is 9.40. The molecule has 0 heterocycles. The minimum atomic E-state index is -1.23. The van der Waals surface area contributed by atoms with Gasteiger partial charge in [0.2, 0.25) is 0 Å². The molecule has 0 unspecified atom stereocenters. The van der Waals surface area contributed by atoms with E-state index >= 15 is 0 Å². The van der Waals surface area contributed by atoms with Crippen LogP contribution < -0.4 is 0 Å². The molecular weight excluding hydrogens is 152 g/mol. The first-order valence-electron chi connectivity index (χ1n) is 4.00. The van der Waals surface area contributed by atoms with Crippen molar-refractivity contribution in [1.29, 1.82) is 0 Å². The monoisotopic (exact) mass is 168 g/mol. The Labute approximate surface area is 73.5 Å². The second-order valence-corrected chi connectivity index (χ2v) is 2.56. The Morgan fingerprint density at radius 2 is 2.08 bits per heavy atom. The standard InChI is InChI=1S/C10H16O2/c1-3-4-5-6-9(2)7-8-10(11)12/h3-6,10-12H,2,7-8H2,1H3/b4-3-,6-5-. The van der Waals surface area contributed by atoms with E-state index in [1.807, 2.05) is 31.2 Å². The average molecular weight is 168 g/mol. The lowest BCUT2D eigenvalue weighted by molar-refractivity contribution is -0.0445. The van der Waals surface area contributed by atoms with Crippen LogP contribution in [0.2, 0.25) is 0 Å². The molecule has 2 N–H and O–H groups in total. The fourth-order valence-electron chi connectivity index (χ4n) is 0.701. The third kappa shape index (κ3) is 7.25. The molecule has 2 heteroatoms. The van der Waals surface area contributed by atoms with Gasteiger partial charge in [-0.2, -0.15) is 0 Å². The second-order valence-electron chi connectivity index (χ2n) is 2.56. The van der Waals surface area contributed by atoms with Crippen molar-refractivity contribution in [3.8, 4) is 0 Å². The predicted molar refractivity (Wildman–Crippen MR) is 50.6 cm³/mol. The molecule has 0 aromatic rings. The highest BCUT2D eigenvalue weighted by atomic mass is 16.5. The van der Waals surface area contributed by atoms with E-state index in [0.717, 1.165) is 5.57 Å². The van der Waals surface area contributed by atoms with Crippen LogP contribution in [0.5, 0.6) is 0 Å². The van der Waals surface area contributed by atoms with Crippen LogP contribution in [-0.4, -0.2) is 16.5 Å². The minimum Gasteiger partial charge on any atom is -0.368 e. The van der Waals surface area contributed by atoms with Crippen molar-refractivity contribution in [3.63, 3.8) is 0 Å². The summed E-state index contributed by atoms with van der Waals surface area (Å²) in [5.41, 5.74) is 0.904. The fraction of sp³-hybridized carbons (Fsp3) is 0.400. The Balaban J connectivity index is 3.59. The molecule has 0 rings (SSSR count). The van der Waals surface area contributed by atoms with Crippen molar-refractivity contribution in [2.75, 3.05) is 0 Å². The van der Waals surface area contributed by atoms with Gasteiger partial charge >= 0.3 is 0 Å². The molecule has 0 spiro atoms. The zero-order valence-corrected chi connectivity index (χ0v) is 7.40. The van der Waals surface area contributed by atoms with Crippen molar-refractivity contribution >= 4 is 0 Å². The Kier molecular flexibility index (Phi) is 6.34. The lowest BCUT2D eigenvalue weighted by atomic mass is 10.1. The molecule has 0 bridgehead atoms. The summed E-state index contributed by atoms with van der Waals surface area (Å²) in [6.07, 6.45) is 7.31. The first kappa shape index (κ1) is 11.1. The second kappa shape index (κ2) is 6.83. The van der Waals surface area contributed by atoms with E-state index in [1.54, 1.807) is 0 Å². The molecule has 0 radical (unpaired) electrons. The molecule has 0 aliphatic carbocycles. The van der Waals surface area contributed by atoms with Crippen molar-refractivity contribution < 1.29 is 10.2 Å². The number of rotatable bonds is 5. The van der Waals surface area contributed by atoms with Crippen LogP contribution in [0.15, 0.2) is 36.5 Å². The van der Waals surface area contributed by atoms with Crippen molar-refractivity contribution in [3.05, 3.63) is 36.5 Å². The van der Waals surface area contributed by atoms with E-state index in [0.29, 0.717) is 12.8 Å². The number of hydrogen-bond acceptors (Lipinski definition) is 2. The van der Waals surface area contributed by atoms with E-state index in [-0.39, 0.29) is 0 Å². The van der Waals surface area contributed by atoms with Gasteiger partial charge in [-0.1, -0.05) is 36.5 Å². The number of aliphatic hydroxyl groups excluding tert-OH is 1. The zero-order valence-electron chi connectivity index (χ0n) is 7.40. The Morgan fingerprint density at radius 3 is 2.58 bits per heavy atom. The quantitative estimate of drug-likeness (QED) is 0.485. The maximum Gasteiger partial charge on any atom is 0.151 e. The third-order valence-electron chi connectivity index (χ3n) is 1.36. The Bertz CT molecular complexity index is 178. The molecule has 0 aromatic carbocycles. The summed E-state index contributed by atoms with van der Waals surface area (Å²) < 4.78 is 0. The van der Waals surface area contributed by atoms with E-state index in [4.69, 9.17) is 10.2 Å². The maximum atomic E-state index is 8.55. The van der Waals surface area contributed by atoms with Crippen molar-refractivity contribution in [2.45, 2.75) is 26.1 Å². The van der Waals surface area contributed by atoms with Gasteiger partial charge in [0.15, 0.2) is 6.29 Å². The summed E-state index contributed by atoms with van der Waals surface area (Å²) in [5, 5.41) is 17.1. The molecule has 0 fully saturated rings. The molecule has 12 heavy (non-hydrogen) atoms. The molecule has 0 saturated heterocycles. The van der Waals surface area contributed by atoms with Crippen molar-refractivity contribution in [2.24, 2.45) is 0 Å². The molecule has 68 valence electrons. The predicted octanol–water partition coefficient (Wildman–Crippen LogP) is 1.77.